The van der Waals surface area contributed by atoms with Crippen LogP contribution in [0.1, 0.15) is 63.6 Å². The maximum atomic E-state index is 11.3. The van der Waals surface area contributed by atoms with Crippen LogP contribution >= 0.6 is 0 Å². The molecule has 1 aliphatic carbocycles. The average Bonchev–Trinajstić information content (AvgIpc) is 2.09. The van der Waals surface area contributed by atoms with E-state index in [1.165, 1.54) is 17.5 Å². The second kappa shape index (κ2) is 4.34. The van der Waals surface area contributed by atoms with Crippen molar-refractivity contribution < 1.29 is 5.11 Å². The van der Waals surface area contributed by atoms with Gasteiger partial charge in [-0.3, -0.25) is 0 Å². The Morgan fingerprint density at radius 2 is 1.21 bits per heavy atom. The van der Waals surface area contributed by atoms with Crippen molar-refractivity contribution in [3.63, 3.8) is 0 Å². The van der Waals surface area contributed by atoms with Gasteiger partial charge < -0.3 is 5.11 Å². The summed E-state index contributed by atoms with van der Waals surface area (Å²) < 4.78 is 0. The van der Waals surface area contributed by atoms with Crippen LogP contribution in [-0.4, -0.2) is 5.11 Å². The quantitative estimate of drug-likeness (QED) is 0.774. The largest absolute Gasteiger partial charge is 0.385 e. The molecule has 0 amide bonds. The molecule has 1 saturated carbocycles. The highest BCUT2D eigenvalue weighted by Crippen LogP contribution is 2.53. The molecule has 0 saturated heterocycles. The molecule has 1 aromatic rings. The minimum absolute atomic E-state index is 0.189. The van der Waals surface area contributed by atoms with Crippen LogP contribution in [0.2, 0.25) is 0 Å². The molecule has 1 N–H and O–H groups in total. The Morgan fingerprint density at radius 3 is 1.63 bits per heavy atom. The molecule has 19 heavy (non-hydrogen) atoms. The third-order valence-corrected chi connectivity index (χ3v) is 4.26. The third kappa shape index (κ3) is 3.20. The lowest BCUT2D eigenvalue weighted by molar-refractivity contribution is -0.0913. The summed E-state index contributed by atoms with van der Waals surface area (Å²) in [4.78, 5) is 0. The van der Waals surface area contributed by atoms with Gasteiger partial charge in [-0.05, 0) is 49.5 Å². The first-order valence-electron chi connectivity index (χ1n) is 7.33. The predicted molar refractivity (Wildman–Crippen MR) is 81.2 cm³/mol. The maximum Gasteiger partial charge on any atom is 0.0906 e. The number of hydrogen-bond donors (Lipinski definition) is 1. The monoisotopic (exact) mass is 260 g/mol. The zero-order chi connectivity index (χ0) is 14.5. The summed E-state index contributed by atoms with van der Waals surface area (Å²) in [6.45, 7) is 13.3. The Balaban J connectivity index is 2.46. The van der Waals surface area contributed by atoms with Crippen LogP contribution in [0.25, 0.3) is 0 Å². The van der Waals surface area contributed by atoms with Crippen molar-refractivity contribution in [1.82, 2.24) is 0 Å². The number of hydrogen-bond acceptors (Lipinski definition) is 1. The van der Waals surface area contributed by atoms with Crippen LogP contribution in [0.15, 0.2) is 18.2 Å². The van der Waals surface area contributed by atoms with Gasteiger partial charge in [0.15, 0.2) is 0 Å². The molecule has 0 atom stereocenters. The molecule has 0 spiro atoms. The molecule has 0 aliphatic heterocycles. The van der Waals surface area contributed by atoms with Gasteiger partial charge in [0.1, 0.15) is 0 Å². The Labute approximate surface area is 118 Å². The normalized spacial score (nSPS) is 24.2. The Kier molecular flexibility index (Phi) is 3.33. The van der Waals surface area contributed by atoms with E-state index >= 15 is 0 Å². The minimum Gasteiger partial charge on any atom is -0.385 e. The molecule has 0 bridgehead atoms. The van der Waals surface area contributed by atoms with Gasteiger partial charge in [0, 0.05) is 0 Å². The van der Waals surface area contributed by atoms with Crippen LogP contribution in [0.5, 0.6) is 0 Å². The summed E-state index contributed by atoms with van der Waals surface area (Å²) in [6, 6.07) is 6.49. The molecule has 1 aromatic carbocycles. The standard InChI is InChI=1S/C18H28O/c1-13-7-14(2)9-15(8-13)18(19)11-16(3,4)10-17(5,6)12-18/h7-9,19H,10-12H2,1-6H3. The number of benzene rings is 1. The molecule has 1 fully saturated rings. The van der Waals surface area contributed by atoms with E-state index in [2.05, 4.69) is 59.7 Å². The van der Waals surface area contributed by atoms with E-state index < -0.39 is 5.60 Å². The first-order valence-corrected chi connectivity index (χ1v) is 7.33. The van der Waals surface area contributed by atoms with Gasteiger partial charge in [0.25, 0.3) is 0 Å². The fraction of sp³-hybridized carbons (Fsp3) is 0.667. The SMILES string of the molecule is Cc1cc(C)cc(C2(O)CC(C)(C)CC(C)(C)C2)c1. The van der Waals surface area contributed by atoms with Crippen molar-refractivity contribution in [3.05, 3.63) is 34.9 Å². The van der Waals surface area contributed by atoms with Gasteiger partial charge in [-0.25, -0.2) is 0 Å². The van der Waals surface area contributed by atoms with Crippen molar-refractivity contribution in [2.75, 3.05) is 0 Å². The van der Waals surface area contributed by atoms with Crippen LogP contribution in [0.4, 0.5) is 0 Å². The van der Waals surface area contributed by atoms with Crippen molar-refractivity contribution in [2.45, 2.75) is 66.4 Å². The molecule has 0 radical (unpaired) electrons. The van der Waals surface area contributed by atoms with Gasteiger partial charge in [-0.2, -0.15) is 0 Å². The summed E-state index contributed by atoms with van der Waals surface area (Å²) in [5, 5.41) is 11.3. The molecule has 0 unspecified atom stereocenters. The van der Waals surface area contributed by atoms with Gasteiger partial charge in [-0.1, -0.05) is 57.0 Å². The van der Waals surface area contributed by atoms with Crippen molar-refractivity contribution in [1.29, 1.82) is 0 Å². The second-order valence-electron chi connectivity index (χ2n) is 8.27. The van der Waals surface area contributed by atoms with Crippen LogP contribution in [0.3, 0.4) is 0 Å². The fourth-order valence-electron chi connectivity index (χ4n) is 4.51. The molecular formula is C18H28O. The third-order valence-electron chi connectivity index (χ3n) is 4.26. The lowest BCUT2D eigenvalue weighted by Gasteiger charge is -2.50. The number of aryl methyl sites for hydroxylation is 2. The number of rotatable bonds is 1. The van der Waals surface area contributed by atoms with Crippen LogP contribution < -0.4 is 0 Å². The summed E-state index contributed by atoms with van der Waals surface area (Å²) in [5.74, 6) is 0. The summed E-state index contributed by atoms with van der Waals surface area (Å²) in [6.07, 6.45) is 2.88. The molecule has 2 rings (SSSR count). The average molecular weight is 260 g/mol. The zero-order valence-electron chi connectivity index (χ0n) is 13.3. The van der Waals surface area contributed by atoms with Gasteiger partial charge in [0.2, 0.25) is 0 Å². The van der Waals surface area contributed by atoms with Gasteiger partial charge >= 0.3 is 0 Å². The van der Waals surface area contributed by atoms with E-state index in [1.54, 1.807) is 0 Å². The first kappa shape index (κ1) is 14.6. The van der Waals surface area contributed by atoms with Gasteiger partial charge in [-0.15, -0.1) is 0 Å². The topological polar surface area (TPSA) is 20.2 Å². The minimum atomic E-state index is -0.679. The van der Waals surface area contributed by atoms with Crippen molar-refractivity contribution in [3.8, 4) is 0 Å². The summed E-state index contributed by atoms with van der Waals surface area (Å²) in [5.41, 5.74) is 3.28. The van der Waals surface area contributed by atoms with E-state index in [0.29, 0.717) is 0 Å². The molecule has 1 heteroatoms. The van der Waals surface area contributed by atoms with E-state index in [9.17, 15) is 5.11 Å². The lowest BCUT2D eigenvalue weighted by atomic mass is 9.58. The second-order valence-corrected chi connectivity index (χ2v) is 8.27. The highest BCUT2D eigenvalue weighted by Gasteiger charge is 2.47. The van der Waals surface area contributed by atoms with Crippen molar-refractivity contribution in [2.24, 2.45) is 10.8 Å². The Morgan fingerprint density at radius 1 is 0.789 bits per heavy atom. The summed E-state index contributed by atoms with van der Waals surface area (Å²) >= 11 is 0. The Bertz CT molecular complexity index is 446. The molecule has 1 nitrogen and oxygen atoms in total. The molecule has 1 aliphatic rings. The molecule has 0 aromatic heterocycles. The van der Waals surface area contributed by atoms with E-state index in [0.717, 1.165) is 18.4 Å². The highest BCUT2D eigenvalue weighted by molar-refractivity contribution is 5.33. The first-order chi connectivity index (χ1) is 8.51. The zero-order valence-corrected chi connectivity index (χ0v) is 13.3. The lowest BCUT2D eigenvalue weighted by Crippen LogP contribution is -2.44. The number of aliphatic hydroxyl groups is 1. The van der Waals surface area contributed by atoms with Crippen LogP contribution in [-0.2, 0) is 5.60 Å². The van der Waals surface area contributed by atoms with Crippen LogP contribution in [0, 0.1) is 24.7 Å². The molecule has 106 valence electrons. The van der Waals surface area contributed by atoms with Crippen molar-refractivity contribution >= 4 is 0 Å². The van der Waals surface area contributed by atoms with Gasteiger partial charge in [0.05, 0.1) is 5.60 Å². The molecule has 0 heterocycles. The summed E-state index contributed by atoms with van der Waals surface area (Å²) in [7, 11) is 0. The van der Waals surface area contributed by atoms with E-state index in [4.69, 9.17) is 0 Å². The fourth-order valence-corrected chi connectivity index (χ4v) is 4.51. The highest BCUT2D eigenvalue weighted by atomic mass is 16.3. The maximum absolute atomic E-state index is 11.3. The predicted octanol–water partition coefficient (Wildman–Crippen LogP) is 4.73. The van der Waals surface area contributed by atoms with E-state index in [1.807, 2.05) is 0 Å². The Hall–Kier alpha value is -0.820. The smallest absolute Gasteiger partial charge is 0.0906 e. The van der Waals surface area contributed by atoms with E-state index in [-0.39, 0.29) is 10.8 Å². The molecular weight excluding hydrogens is 232 g/mol.